The van der Waals surface area contributed by atoms with Crippen molar-refractivity contribution < 1.29 is 14.6 Å². The average molecular weight is 294 g/mol. The van der Waals surface area contributed by atoms with Gasteiger partial charge in [-0.15, -0.1) is 0 Å². The van der Waals surface area contributed by atoms with Crippen LogP contribution >= 0.6 is 0 Å². The van der Waals surface area contributed by atoms with Gasteiger partial charge in [-0.25, -0.2) is 4.79 Å². The lowest BCUT2D eigenvalue weighted by molar-refractivity contribution is -0.131. The van der Waals surface area contributed by atoms with Gasteiger partial charge in [-0.3, -0.25) is 0 Å². The number of rotatable bonds is 4. The van der Waals surface area contributed by atoms with Crippen molar-refractivity contribution in [2.75, 3.05) is 0 Å². The number of aliphatic carboxylic acids is 1. The highest BCUT2D eigenvalue weighted by atomic mass is 16.5. The van der Waals surface area contributed by atoms with Gasteiger partial charge in [0.05, 0.1) is 0 Å². The summed E-state index contributed by atoms with van der Waals surface area (Å²) in [6.45, 7) is 1.79. The van der Waals surface area contributed by atoms with Gasteiger partial charge in [0.25, 0.3) is 0 Å². The van der Waals surface area contributed by atoms with E-state index in [0.717, 1.165) is 29.7 Å². The highest BCUT2D eigenvalue weighted by molar-refractivity contribution is 5.89. The molecule has 0 saturated carbocycles. The topological polar surface area (TPSA) is 46.5 Å². The Labute approximate surface area is 129 Å². The number of carboxylic acids is 1. The lowest BCUT2D eigenvalue weighted by atomic mass is 10.1. The smallest absolute Gasteiger partial charge is 0.328 e. The van der Waals surface area contributed by atoms with Crippen LogP contribution < -0.4 is 4.74 Å². The van der Waals surface area contributed by atoms with Crippen LogP contribution in [0.2, 0.25) is 0 Å². The number of allylic oxidation sites excluding steroid dienone is 1. The summed E-state index contributed by atoms with van der Waals surface area (Å²) < 4.78 is 6.04. The Kier molecular flexibility index (Phi) is 3.96. The van der Waals surface area contributed by atoms with Crippen molar-refractivity contribution >= 4 is 11.5 Å². The summed E-state index contributed by atoms with van der Waals surface area (Å²) in [5.41, 5.74) is 4.35. The predicted octanol–water partition coefficient (Wildman–Crippen LogP) is 3.72. The first-order chi connectivity index (χ1) is 10.6. The van der Waals surface area contributed by atoms with E-state index in [4.69, 9.17) is 9.84 Å². The molecular weight excluding hydrogens is 276 g/mol. The van der Waals surface area contributed by atoms with Gasteiger partial charge >= 0.3 is 5.97 Å². The second-order valence-electron chi connectivity index (χ2n) is 5.61. The minimum Gasteiger partial charge on any atom is -0.490 e. The Morgan fingerprint density at radius 2 is 1.68 bits per heavy atom. The summed E-state index contributed by atoms with van der Waals surface area (Å²) in [7, 11) is 0. The maximum absolute atomic E-state index is 10.7. The van der Waals surface area contributed by atoms with Crippen molar-refractivity contribution in [3.63, 3.8) is 0 Å². The fraction of sp³-hybridized carbons (Fsp3) is 0.211. The van der Waals surface area contributed by atoms with Crippen molar-refractivity contribution in [3.8, 4) is 5.75 Å². The Balaban J connectivity index is 1.67. The number of benzene rings is 2. The molecule has 3 heteroatoms. The maximum atomic E-state index is 10.7. The summed E-state index contributed by atoms with van der Waals surface area (Å²) >= 11 is 0. The molecule has 3 rings (SSSR count). The fourth-order valence-corrected chi connectivity index (χ4v) is 2.86. The van der Waals surface area contributed by atoms with E-state index in [1.165, 1.54) is 17.2 Å². The highest BCUT2D eigenvalue weighted by Gasteiger charge is 2.22. The minimum atomic E-state index is -0.929. The quantitative estimate of drug-likeness (QED) is 0.874. The van der Waals surface area contributed by atoms with Crippen molar-refractivity contribution in [1.82, 2.24) is 0 Å². The van der Waals surface area contributed by atoms with E-state index in [2.05, 4.69) is 24.3 Å². The normalized spacial score (nSPS) is 14.7. The average Bonchev–Trinajstić information content (AvgIpc) is 2.89. The van der Waals surface area contributed by atoms with Crippen molar-refractivity contribution in [1.29, 1.82) is 0 Å². The number of carboxylic acid groups (broad SMARTS) is 1. The van der Waals surface area contributed by atoms with Gasteiger partial charge < -0.3 is 9.84 Å². The zero-order chi connectivity index (χ0) is 15.5. The van der Waals surface area contributed by atoms with Crippen molar-refractivity contribution in [2.45, 2.75) is 25.9 Å². The second kappa shape index (κ2) is 6.06. The molecule has 0 fully saturated rings. The van der Waals surface area contributed by atoms with Gasteiger partial charge in [0.1, 0.15) is 11.9 Å². The Hall–Kier alpha value is -2.55. The van der Waals surface area contributed by atoms with Crippen molar-refractivity contribution in [3.05, 3.63) is 71.3 Å². The maximum Gasteiger partial charge on any atom is 0.328 e. The molecule has 0 unspecified atom stereocenters. The minimum absolute atomic E-state index is 0.180. The molecule has 22 heavy (non-hydrogen) atoms. The Morgan fingerprint density at radius 1 is 1.09 bits per heavy atom. The summed E-state index contributed by atoms with van der Waals surface area (Å²) in [6.07, 6.45) is 3.27. The summed E-state index contributed by atoms with van der Waals surface area (Å²) in [5, 5.41) is 8.77. The molecule has 0 spiro atoms. The van der Waals surface area contributed by atoms with E-state index < -0.39 is 5.97 Å². The second-order valence-corrected chi connectivity index (χ2v) is 5.61. The van der Waals surface area contributed by atoms with E-state index in [1.54, 1.807) is 6.92 Å². The largest absolute Gasteiger partial charge is 0.490 e. The van der Waals surface area contributed by atoms with Crippen LogP contribution in [0.4, 0.5) is 0 Å². The van der Waals surface area contributed by atoms with E-state index >= 15 is 0 Å². The summed E-state index contributed by atoms with van der Waals surface area (Å²) in [6, 6.07) is 16.0. The highest BCUT2D eigenvalue weighted by Crippen LogP contribution is 2.26. The lowest BCUT2D eigenvalue weighted by Crippen LogP contribution is -2.16. The van der Waals surface area contributed by atoms with E-state index in [1.807, 2.05) is 24.3 Å². The molecule has 1 N–H and O–H groups in total. The Morgan fingerprint density at radius 3 is 2.23 bits per heavy atom. The molecule has 3 nitrogen and oxygen atoms in total. The molecule has 2 aromatic rings. The molecule has 0 heterocycles. The number of ether oxygens (including phenoxy) is 1. The first kappa shape index (κ1) is 14.4. The van der Waals surface area contributed by atoms with E-state index in [9.17, 15) is 4.79 Å². The molecule has 2 aromatic carbocycles. The number of carbonyl (C=O) groups is 1. The Bertz CT molecular complexity index is 689. The summed E-state index contributed by atoms with van der Waals surface area (Å²) in [4.78, 5) is 10.7. The molecule has 0 radical (unpaired) electrons. The molecule has 0 bridgehead atoms. The van der Waals surface area contributed by atoms with Crippen LogP contribution in [0, 0.1) is 0 Å². The molecule has 0 aliphatic heterocycles. The van der Waals surface area contributed by atoms with E-state index in [0.29, 0.717) is 0 Å². The third-order valence-corrected chi connectivity index (χ3v) is 3.97. The van der Waals surface area contributed by atoms with Crippen LogP contribution in [-0.4, -0.2) is 17.2 Å². The van der Waals surface area contributed by atoms with Crippen LogP contribution in [0.1, 0.15) is 23.6 Å². The molecule has 1 aliphatic carbocycles. The van der Waals surface area contributed by atoms with Crippen LogP contribution in [-0.2, 0) is 17.6 Å². The van der Waals surface area contributed by atoms with Crippen LogP contribution in [0.3, 0.4) is 0 Å². The third kappa shape index (κ3) is 3.19. The van der Waals surface area contributed by atoms with Gasteiger partial charge in [0.2, 0.25) is 0 Å². The zero-order valence-electron chi connectivity index (χ0n) is 12.5. The predicted molar refractivity (Wildman–Crippen MR) is 86.0 cm³/mol. The standard InChI is InChI=1S/C19H18O3/c1-13(10-19(20)21)14-6-8-17(9-7-14)22-18-11-15-4-2-3-5-16(15)12-18/h2-10,18H,11-12H2,1H3,(H,20,21)/b13-10+. The van der Waals surface area contributed by atoms with Gasteiger partial charge in [-0.2, -0.15) is 0 Å². The van der Waals surface area contributed by atoms with Gasteiger partial charge in [-0.05, 0) is 41.3 Å². The van der Waals surface area contributed by atoms with Crippen LogP contribution in [0.25, 0.3) is 5.57 Å². The molecule has 0 atom stereocenters. The first-order valence-electron chi connectivity index (χ1n) is 7.37. The number of hydrogen-bond donors (Lipinski definition) is 1. The molecule has 112 valence electrons. The number of hydrogen-bond acceptors (Lipinski definition) is 2. The first-order valence-corrected chi connectivity index (χ1v) is 7.37. The third-order valence-electron chi connectivity index (χ3n) is 3.97. The van der Waals surface area contributed by atoms with Gasteiger partial charge in [0, 0.05) is 18.9 Å². The molecule has 0 aromatic heterocycles. The van der Waals surface area contributed by atoms with E-state index in [-0.39, 0.29) is 6.10 Å². The SMILES string of the molecule is C/C(=C\C(=O)O)c1ccc(OC2Cc3ccccc3C2)cc1. The molecular formula is C19H18O3. The fourth-order valence-electron chi connectivity index (χ4n) is 2.86. The van der Waals surface area contributed by atoms with Gasteiger partial charge in [0.15, 0.2) is 0 Å². The molecule has 0 saturated heterocycles. The van der Waals surface area contributed by atoms with Crippen LogP contribution in [0.5, 0.6) is 5.75 Å². The molecule has 1 aliphatic rings. The van der Waals surface area contributed by atoms with Crippen molar-refractivity contribution in [2.24, 2.45) is 0 Å². The zero-order valence-corrected chi connectivity index (χ0v) is 12.5. The lowest BCUT2D eigenvalue weighted by Gasteiger charge is -2.13. The van der Waals surface area contributed by atoms with Gasteiger partial charge in [-0.1, -0.05) is 36.4 Å². The van der Waals surface area contributed by atoms with Crippen LogP contribution in [0.15, 0.2) is 54.6 Å². The monoisotopic (exact) mass is 294 g/mol. The number of fused-ring (bicyclic) bond motifs is 1. The summed E-state index contributed by atoms with van der Waals surface area (Å²) in [5.74, 6) is -0.105. The molecule has 0 amide bonds.